The molecule has 9 heteroatoms. The summed E-state index contributed by atoms with van der Waals surface area (Å²) < 4.78 is 0. The second kappa shape index (κ2) is 16.6. The molecule has 4 N–H and O–H groups in total. The molecular formula is C40H43N3O6. The van der Waals surface area contributed by atoms with Gasteiger partial charge in [-0.05, 0) is 47.2 Å². The molecule has 0 fully saturated rings. The minimum Gasteiger partial charge on any atom is -0.369 e. The topological polar surface area (TPSA) is 152 Å². The van der Waals surface area contributed by atoms with Gasteiger partial charge in [-0.1, -0.05) is 117 Å². The fourth-order valence-corrected chi connectivity index (χ4v) is 5.64. The molecule has 0 aliphatic carbocycles. The van der Waals surface area contributed by atoms with Crippen molar-refractivity contribution in [3.63, 3.8) is 0 Å². The summed E-state index contributed by atoms with van der Waals surface area (Å²) >= 11 is 0. The Balaban J connectivity index is 1.48. The van der Waals surface area contributed by atoms with Crippen LogP contribution >= 0.6 is 0 Å². The Morgan fingerprint density at radius 3 is 1.92 bits per heavy atom. The van der Waals surface area contributed by atoms with E-state index in [0.717, 1.165) is 27.5 Å². The number of amides is 3. The third-order valence-electron chi connectivity index (χ3n) is 8.62. The van der Waals surface area contributed by atoms with E-state index in [1.165, 1.54) is 20.8 Å². The number of hydrogen-bond donors (Lipinski definition) is 3. The normalized spacial score (nSPS) is 13.1. The molecule has 3 atom stereocenters. The first kappa shape index (κ1) is 36.4. The van der Waals surface area contributed by atoms with Crippen molar-refractivity contribution < 1.29 is 28.8 Å². The van der Waals surface area contributed by atoms with Crippen molar-refractivity contribution >= 4 is 45.8 Å². The third kappa shape index (κ3) is 10.5. The lowest BCUT2D eigenvalue weighted by atomic mass is 9.84. The standard InChI is InChI=1S/C40H43N3O6/c1-26(36(46)38(48)43-34(23-28-14-8-5-9-15-28)35(45)25-40(2,3)39(41)49)42-37(47)32(24-33(44)22-27-12-6-4-7-13-27)21-29-18-19-30-16-10-11-17-31(30)20-29/h4-20,26,32,34H,21-25H2,1-3H3,(H2,41,49)(H,42,47)(H,43,48)/t26?,32-,34+/m1/s1. The molecule has 0 bridgehead atoms. The molecule has 0 saturated heterocycles. The van der Waals surface area contributed by atoms with E-state index >= 15 is 0 Å². The molecule has 254 valence electrons. The first-order chi connectivity index (χ1) is 23.3. The van der Waals surface area contributed by atoms with Gasteiger partial charge >= 0.3 is 0 Å². The number of fused-ring (bicyclic) bond motifs is 1. The molecule has 3 amide bonds. The molecule has 0 aromatic heterocycles. The molecular weight excluding hydrogens is 618 g/mol. The molecule has 0 aliphatic rings. The zero-order valence-corrected chi connectivity index (χ0v) is 28.1. The Hall–Kier alpha value is -5.44. The van der Waals surface area contributed by atoms with Crippen LogP contribution in [0, 0.1) is 11.3 Å². The lowest BCUT2D eigenvalue weighted by molar-refractivity contribution is -0.141. The number of ketones is 3. The van der Waals surface area contributed by atoms with Crippen LogP contribution in [0.2, 0.25) is 0 Å². The largest absolute Gasteiger partial charge is 0.369 e. The van der Waals surface area contributed by atoms with Gasteiger partial charge in [0.15, 0.2) is 5.78 Å². The highest BCUT2D eigenvalue weighted by molar-refractivity contribution is 6.38. The minimum absolute atomic E-state index is 0.0655. The van der Waals surface area contributed by atoms with Crippen LogP contribution < -0.4 is 16.4 Å². The average Bonchev–Trinajstić information content (AvgIpc) is 3.07. The van der Waals surface area contributed by atoms with Gasteiger partial charge in [0.2, 0.25) is 17.6 Å². The first-order valence-corrected chi connectivity index (χ1v) is 16.4. The summed E-state index contributed by atoms with van der Waals surface area (Å²) in [5.41, 5.74) is 6.73. The van der Waals surface area contributed by atoms with E-state index in [1.807, 2.05) is 78.9 Å². The van der Waals surface area contributed by atoms with Gasteiger partial charge in [0.25, 0.3) is 5.91 Å². The molecule has 0 heterocycles. The predicted molar refractivity (Wildman–Crippen MR) is 188 cm³/mol. The van der Waals surface area contributed by atoms with Crippen molar-refractivity contribution in [1.82, 2.24) is 10.6 Å². The predicted octanol–water partition coefficient (Wildman–Crippen LogP) is 4.47. The summed E-state index contributed by atoms with van der Waals surface area (Å²) in [6.45, 7) is 4.47. The van der Waals surface area contributed by atoms with Gasteiger partial charge in [-0.3, -0.25) is 28.8 Å². The van der Waals surface area contributed by atoms with E-state index < -0.39 is 52.7 Å². The fraction of sp³-hybridized carbons (Fsp3) is 0.300. The van der Waals surface area contributed by atoms with Crippen molar-refractivity contribution in [2.75, 3.05) is 0 Å². The molecule has 49 heavy (non-hydrogen) atoms. The highest BCUT2D eigenvalue weighted by atomic mass is 16.2. The van der Waals surface area contributed by atoms with Crippen LogP contribution in [0.25, 0.3) is 10.8 Å². The van der Waals surface area contributed by atoms with Gasteiger partial charge in [-0.2, -0.15) is 0 Å². The summed E-state index contributed by atoms with van der Waals surface area (Å²) in [7, 11) is 0. The number of nitrogens with one attached hydrogen (secondary N) is 2. The molecule has 1 unspecified atom stereocenters. The monoisotopic (exact) mass is 661 g/mol. The summed E-state index contributed by atoms with van der Waals surface area (Å²) in [5.74, 6) is -4.61. The second-order valence-electron chi connectivity index (χ2n) is 13.2. The smallest absolute Gasteiger partial charge is 0.290 e. The Bertz CT molecular complexity index is 1820. The molecule has 0 saturated carbocycles. The van der Waals surface area contributed by atoms with Crippen LogP contribution in [0.5, 0.6) is 0 Å². The molecule has 9 nitrogen and oxygen atoms in total. The number of rotatable bonds is 17. The summed E-state index contributed by atoms with van der Waals surface area (Å²) in [6, 6.07) is 29.5. The van der Waals surface area contributed by atoms with E-state index in [4.69, 9.17) is 5.73 Å². The number of Topliss-reactive ketones (excluding diaryl/α,β-unsaturated/α-hetero) is 3. The minimum atomic E-state index is -1.25. The maximum absolute atomic E-state index is 13.7. The fourth-order valence-electron chi connectivity index (χ4n) is 5.64. The van der Waals surface area contributed by atoms with Crippen molar-refractivity contribution in [2.24, 2.45) is 17.1 Å². The molecule has 4 aromatic rings. The Morgan fingerprint density at radius 1 is 0.694 bits per heavy atom. The third-order valence-corrected chi connectivity index (χ3v) is 8.62. The van der Waals surface area contributed by atoms with Crippen LogP contribution in [-0.2, 0) is 48.0 Å². The zero-order valence-electron chi connectivity index (χ0n) is 28.1. The summed E-state index contributed by atoms with van der Waals surface area (Å²) in [6.07, 6.45) is 0.180. The maximum atomic E-state index is 13.7. The molecule has 0 spiro atoms. The summed E-state index contributed by atoms with van der Waals surface area (Å²) in [5, 5.41) is 7.21. The van der Waals surface area contributed by atoms with E-state index in [1.54, 1.807) is 24.3 Å². The summed E-state index contributed by atoms with van der Waals surface area (Å²) in [4.78, 5) is 78.6. The van der Waals surface area contributed by atoms with Crippen molar-refractivity contribution in [1.29, 1.82) is 0 Å². The lowest BCUT2D eigenvalue weighted by Gasteiger charge is -2.24. The van der Waals surface area contributed by atoms with Crippen molar-refractivity contribution in [3.05, 3.63) is 120 Å². The SMILES string of the molecule is CC(NC(=O)[C@@H](CC(=O)Cc1ccccc1)Cc1ccc2ccccc2c1)C(=O)C(=O)N[C@@H](Cc1ccccc1)C(=O)CC(C)(C)C(N)=O. The van der Waals surface area contributed by atoms with E-state index in [9.17, 15) is 28.8 Å². The van der Waals surface area contributed by atoms with E-state index in [0.29, 0.717) is 0 Å². The van der Waals surface area contributed by atoms with E-state index in [-0.39, 0.29) is 37.9 Å². The second-order valence-corrected chi connectivity index (χ2v) is 13.2. The number of hydrogen-bond acceptors (Lipinski definition) is 6. The van der Waals surface area contributed by atoms with Crippen molar-refractivity contribution in [2.45, 2.75) is 65.0 Å². The molecule has 0 aliphatic heterocycles. The van der Waals surface area contributed by atoms with Gasteiger partial charge in [0.05, 0.1) is 17.5 Å². The van der Waals surface area contributed by atoms with Gasteiger partial charge in [-0.15, -0.1) is 0 Å². The number of primary amides is 1. The van der Waals surface area contributed by atoms with Crippen LogP contribution in [0.4, 0.5) is 0 Å². The van der Waals surface area contributed by atoms with Gasteiger partial charge in [0.1, 0.15) is 5.78 Å². The Kier molecular flexibility index (Phi) is 12.3. The van der Waals surface area contributed by atoms with E-state index in [2.05, 4.69) is 10.6 Å². The van der Waals surface area contributed by atoms with Crippen LogP contribution in [0.1, 0.15) is 50.3 Å². The van der Waals surface area contributed by atoms with Gasteiger partial charge in [0, 0.05) is 25.2 Å². The van der Waals surface area contributed by atoms with Crippen LogP contribution in [0.15, 0.2) is 103 Å². The number of carbonyl (C=O) groups is 6. The number of benzene rings is 4. The highest BCUT2D eigenvalue weighted by Crippen LogP contribution is 2.23. The van der Waals surface area contributed by atoms with Crippen molar-refractivity contribution in [3.8, 4) is 0 Å². The first-order valence-electron chi connectivity index (χ1n) is 16.4. The van der Waals surface area contributed by atoms with Crippen LogP contribution in [0.3, 0.4) is 0 Å². The Morgan fingerprint density at radius 2 is 1.29 bits per heavy atom. The van der Waals surface area contributed by atoms with Gasteiger partial charge < -0.3 is 16.4 Å². The molecule has 0 radical (unpaired) electrons. The Labute approximate surface area is 286 Å². The highest BCUT2D eigenvalue weighted by Gasteiger charge is 2.34. The number of nitrogens with two attached hydrogens (primary N) is 1. The number of carbonyl (C=O) groups excluding carboxylic acids is 6. The molecule has 4 rings (SSSR count). The zero-order chi connectivity index (χ0) is 35.6. The average molecular weight is 662 g/mol. The lowest BCUT2D eigenvalue weighted by Crippen LogP contribution is -2.52. The molecule has 4 aromatic carbocycles. The van der Waals surface area contributed by atoms with Gasteiger partial charge in [-0.25, -0.2) is 0 Å². The van der Waals surface area contributed by atoms with Crippen LogP contribution in [-0.4, -0.2) is 47.2 Å². The maximum Gasteiger partial charge on any atom is 0.290 e. The quantitative estimate of drug-likeness (QED) is 0.142.